The van der Waals surface area contributed by atoms with Crippen molar-refractivity contribution in [2.24, 2.45) is 0 Å². The number of rotatable bonds is 2. The quantitative estimate of drug-likeness (QED) is 0.743. The first-order valence-electron chi connectivity index (χ1n) is 5.56. The van der Waals surface area contributed by atoms with Gasteiger partial charge in [-0.2, -0.15) is 0 Å². The topological polar surface area (TPSA) is 37.8 Å². The smallest absolute Gasteiger partial charge is 0.149 e. The van der Waals surface area contributed by atoms with Crippen LogP contribution in [-0.4, -0.2) is 9.97 Å². The maximum absolute atomic E-state index is 13.6. The summed E-state index contributed by atoms with van der Waals surface area (Å²) < 4.78 is 13.6. The van der Waals surface area contributed by atoms with Crippen molar-refractivity contribution in [1.29, 1.82) is 0 Å². The van der Waals surface area contributed by atoms with Gasteiger partial charge in [0, 0.05) is 11.6 Å². The molecule has 3 nitrogen and oxygen atoms in total. The van der Waals surface area contributed by atoms with Crippen LogP contribution in [0.4, 0.5) is 16.0 Å². The summed E-state index contributed by atoms with van der Waals surface area (Å²) in [6, 6.07) is 14.1. The molecule has 0 saturated heterocycles. The van der Waals surface area contributed by atoms with Gasteiger partial charge < -0.3 is 5.32 Å². The van der Waals surface area contributed by atoms with E-state index < -0.39 is 0 Å². The minimum Gasteiger partial charge on any atom is -0.325 e. The number of fused-ring (bicyclic) bond motifs is 1. The van der Waals surface area contributed by atoms with E-state index in [-0.39, 0.29) is 5.82 Å². The van der Waals surface area contributed by atoms with Crippen LogP contribution in [0.1, 0.15) is 0 Å². The fourth-order valence-corrected chi connectivity index (χ4v) is 1.75. The molecule has 0 aliphatic heterocycles. The van der Waals surface area contributed by atoms with E-state index in [1.165, 1.54) is 6.07 Å². The zero-order chi connectivity index (χ0) is 12.4. The lowest BCUT2D eigenvalue weighted by Gasteiger charge is -2.05. The first kappa shape index (κ1) is 10.7. The van der Waals surface area contributed by atoms with Crippen LogP contribution in [0.25, 0.3) is 10.9 Å². The van der Waals surface area contributed by atoms with E-state index in [1.807, 2.05) is 30.3 Å². The fourth-order valence-electron chi connectivity index (χ4n) is 1.75. The Morgan fingerprint density at radius 1 is 0.889 bits per heavy atom. The molecule has 0 aliphatic rings. The van der Waals surface area contributed by atoms with Crippen molar-refractivity contribution < 1.29 is 4.39 Å². The summed E-state index contributed by atoms with van der Waals surface area (Å²) in [4.78, 5) is 8.38. The number of nitrogens with zero attached hydrogens (tertiary/aromatic N) is 2. The van der Waals surface area contributed by atoms with Gasteiger partial charge in [0.1, 0.15) is 23.0 Å². The van der Waals surface area contributed by atoms with E-state index >= 15 is 0 Å². The van der Waals surface area contributed by atoms with Crippen molar-refractivity contribution >= 4 is 22.5 Å². The highest BCUT2D eigenvalue weighted by Crippen LogP contribution is 2.19. The maximum atomic E-state index is 13.6. The van der Waals surface area contributed by atoms with E-state index in [9.17, 15) is 4.39 Å². The fraction of sp³-hybridized carbons (Fsp3) is 0. The second kappa shape index (κ2) is 4.41. The molecule has 4 heteroatoms. The molecule has 3 rings (SSSR count). The Morgan fingerprint density at radius 2 is 1.83 bits per heavy atom. The first-order valence-corrected chi connectivity index (χ1v) is 5.56. The maximum Gasteiger partial charge on any atom is 0.149 e. The summed E-state index contributed by atoms with van der Waals surface area (Å²) in [5, 5.41) is 3.81. The Kier molecular flexibility index (Phi) is 2.61. The Bertz CT molecular complexity index is 683. The van der Waals surface area contributed by atoms with Gasteiger partial charge in [0.25, 0.3) is 0 Å². The molecule has 0 aliphatic carbocycles. The summed E-state index contributed by atoms with van der Waals surface area (Å²) in [7, 11) is 0. The monoisotopic (exact) mass is 239 g/mol. The molecule has 88 valence electrons. The molecule has 1 N–H and O–H groups in total. The summed E-state index contributed by atoms with van der Waals surface area (Å²) in [6.45, 7) is 0. The molecule has 0 bridgehead atoms. The van der Waals surface area contributed by atoms with E-state index in [0.717, 1.165) is 5.39 Å². The number of hydrogen-bond donors (Lipinski definition) is 1. The third-order valence-corrected chi connectivity index (χ3v) is 2.59. The molecule has 0 spiro atoms. The van der Waals surface area contributed by atoms with E-state index in [2.05, 4.69) is 15.3 Å². The standard InChI is InChI=1S/C14H10FN3/c15-11-5-3-4-10-7-8-13(18-14(10)11)17-12-6-1-2-9-16-12/h1-9H,(H,16,17,18). The number of benzene rings is 1. The van der Waals surface area contributed by atoms with Crippen LogP contribution in [-0.2, 0) is 0 Å². The molecule has 0 amide bonds. The number of halogens is 1. The predicted molar refractivity (Wildman–Crippen MR) is 69.2 cm³/mol. The minimum atomic E-state index is -0.322. The van der Waals surface area contributed by atoms with Crippen LogP contribution in [0, 0.1) is 5.82 Å². The lowest BCUT2D eigenvalue weighted by molar-refractivity contribution is 0.637. The molecule has 2 heterocycles. The van der Waals surface area contributed by atoms with Crippen molar-refractivity contribution in [3.63, 3.8) is 0 Å². The molecule has 0 atom stereocenters. The van der Waals surface area contributed by atoms with Gasteiger partial charge in [0.15, 0.2) is 0 Å². The molecule has 0 fully saturated rings. The Morgan fingerprint density at radius 3 is 2.67 bits per heavy atom. The average molecular weight is 239 g/mol. The van der Waals surface area contributed by atoms with Crippen molar-refractivity contribution in [3.8, 4) is 0 Å². The predicted octanol–water partition coefficient (Wildman–Crippen LogP) is 3.51. The van der Waals surface area contributed by atoms with Gasteiger partial charge in [-0.05, 0) is 30.3 Å². The van der Waals surface area contributed by atoms with Crippen LogP contribution in [0.2, 0.25) is 0 Å². The van der Waals surface area contributed by atoms with Crippen LogP contribution in [0.5, 0.6) is 0 Å². The summed E-state index contributed by atoms with van der Waals surface area (Å²) >= 11 is 0. The lowest BCUT2D eigenvalue weighted by Crippen LogP contribution is -1.96. The number of anilines is 2. The summed E-state index contributed by atoms with van der Waals surface area (Å²) in [5.74, 6) is 0.934. The Labute approximate surface area is 103 Å². The molecular weight excluding hydrogens is 229 g/mol. The van der Waals surface area contributed by atoms with Gasteiger partial charge >= 0.3 is 0 Å². The van der Waals surface area contributed by atoms with Gasteiger partial charge in [-0.1, -0.05) is 18.2 Å². The number of hydrogen-bond acceptors (Lipinski definition) is 3. The largest absolute Gasteiger partial charge is 0.325 e. The van der Waals surface area contributed by atoms with Gasteiger partial charge in [0.05, 0.1) is 0 Å². The molecule has 0 radical (unpaired) electrons. The van der Waals surface area contributed by atoms with E-state index in [0.29, 0.717) is 17.2 Å². The van der Waals surface area contributed by atoms with Crippen LogP contribution < -0.4 is 5.32 Å². The minimum absolute atomic E-state index is 0.322. The zero-order valence-corrected chi connectivity index (χ0v) is 9.47. The van der Waals surface area contributed by atoms with Crippen LogP contribution in [0.3, 0.4) is 0 Å². The van der Waals surface area contributed by atoms with Gasteiger partial charge in [-0.25, -0.2) is 14.4 Å². The normalized spacial score (nSPS) is 10.5. The number of para-hydroxylation sites is 1. The molecule has 3 aromatic rings. The molecule has 2 aromatic heterocycles. The van der Waals surface area contributed by atoms with Crippen molar-refractivity contribution in [1.82, 2.24) is 9.97 Å². The van der Waals surface area contributed by atoms with E-state index in [1.54, 1.807) is 18.3 Å². The molecule has 0 saturated carbocycles. The first-order chi connectivity index (χ1) is 8.83. The number of aromatic nitrogens is 2. The number of nitrogens with one attached hydrogen (secondary N) is 1. The van der Waals surface area contributed by atoms with Crippen LogP contribution in [0.15, 0.2) is 54.7 Å². The highest BCUT2D eigenvalue weighted by atomic mass is 19.1. The SMILES string of the molecule is Fc1cccc2ccc(Nc3ccccn3)nc12. The number of pyridine rings is 2. The van der Waals surface area contributed by atoms with E-state index in [4.69, 9.17) is 0 Å². The molecular formula is C14H10FN3. The van der Waals surface area contributed by atoms with Crippen molar-refractivity contribution in [2.45, 2.75) is 0 Å². The molecule has 0 unspecified atom stereocenters. The zero-order valence-electron chi connectivity index (χ0n) is 9.47. The van der Waals surface area contributed by atoms with Gasteiger partial charge in [-0.3, -0.25) is 0 Å². The third kappa shape index (κ3) is 2.00. The Hall–Kier alpha value is -2.49. The highest BCUT2D eigenvalue weighted by Gasteiger charge is 2.03. The van der Waals surface area contributed by atoms with Crippen molar-refractivity contribution in [3.05, 3.63) is 60.5 Å². The second-order valence-corrected chi connectivity index (χ2v) is 3.85. The third-order valence-electron chi connectivity index (χ3n) is 2.59. The average Bonchev–Trinajstić information content (AvgIpc) is 2.41. The Balaban J connectivity index is 2.01. The van der Waals surface area contributed by atoms with Crippen molar-refractivity contribution in [2.75, 3.05) is 5.32 Å². The summed E-state index contributed by atoms with van der Waals surface area (Å²) in [6.07, 6.45) is 1.68. The highest BCUT2D eigenvalue weighted by molar-refractivity contribution is 5.81. The lowest BCUT2D eigenvalue weighted by atomic mass is 10.2. The molecule has 18 heavy (non-hydrogen) atoms. The second-order valence-electron chi connectivity index (χ2n) is 3.85. The van der Waals surface area contributed by atoms with Gasteiger partial charge in [-0.15, -0.1) is 0 Å². The van der Waals surface area contributed by atoms with Gasteiger partial charge in [0.2, 0.25) is 0 Å². The molecule has 1 aromatic carbocycles. The van der Waals surface area contributed by atoms with Crippen LogP contribution >= 0.6 is 0 Å². The summed E-state index contributed by atoms with van der Waals surface area (Å²) in [5.41, 5.74) is 0.360.